The van der Waals surface area contributed by atoms with Crippen LogP contribution < -0.4 is 9.04 Å². The van der Waals surface area contributed by atoms with Crippen molar-refractivity contribution in [1.82, 2.24) is 9.78 Å². The second-order valence-electron chi connectivity index (χ2n) is 5.36. The number of nitrogens with zero attached hydrogens (tertiary/aromatic N) is 3. The second kappa shape index (κ2) is 6.52. The van der Waals surface area contributed by atoms with Crippen LogP contribution >= 0.6 is 0 Å². The molecule has 0 radical (unpaired) electrons. The lowest BCUT2D eigenvalue weighted by Crippen LogP contribution is -2.27. The van der Waals surface area contributed by atoms with Crippen LogP contribution in [-0.2, 0) is 21.9 Å². The average molecular weight is 353 g/mol. The minimum Gasteiger partial charge on any atom is -0.481 e. The van der Waals surface area contributed by atoms with Gasteiger partial charge in [-0.3, -0.25) is 8.99 Å². The molecule has 2 aromatic rings. The number of anilines is 1. The number of carbonyl (C=O) groups is 1. The van der Waals surface area contributed by atoms with Crippen molar-refractivity contribution in [3.8, 4) is 5.75 Å². The molecule has 9 heteroatoms. The molecule has 1 N–H and O–H groups in total. The molecule has 1 aromatic carbocycles. The van der Waals surface area contributed by atoms with Gasteiger partial charge >= 0.3 is 5.97 Å². The highest BCUT2D eigenvalue weighted by atomic mass is 32.2. The maximum Gasteiger partial charge on any atom is 0.341 e. The van der Waals surface area contributed by atoms with E-state index in [2.05, 4.69) is 5.10 Å². The number of aliphatic carboxylic acids is 1. The Morgan fingerprint density at radius 2 is 2.04 bits per heavy atom. The number of rotatable bonds is 6. The molecular formula is C15H19N3O5S. The summed E-state index contributed by atoms with van der Waals surface area (Å²) in [7, 11) is -0.707. The summed E-state index contributed by atoms with van der Waals surface area (Å²) in [6.07, 6.45) is 3.03. The number of aromatic nitrogens is 2. The SMILES string of the molecule is Cc1ccc(S(=O)(=O)N(C)c2cnn(C)c2)c(C)c1OCC(=O)O. The molecule has 2 rings (SSSR count). The van der Waals surface area contributed by atoms with Crippen molar-refractivity contribution in [2.24, 2.45) is 7.05 Å². The van der Waals surface area contributed by atoms with E-state index >= 15 is 0 Å². The van der Waals surface area contributed by atoms with Gasteiger partial charge in [-0.2, -0.15) is 5.10 Å². The first kappa shape index (κ1) is 17.8. The Morgan fingerprint density at radius 3 is 2.58 bits per heavy atom. The van der Waals surface area contributed by atoms with E-state index in [0.717, 1.165) is 4.31 Å². The lowest BCUT2D eigenvalue weighted by molar-refractivity contribution is -0.139. The third kappa shape index (κ3) is 3.35. The molecule has 0 spiro atoms. The van der Waals surface area contributed by atoms with Crippen LogP contribution in [0.15, 0.2) is 29.4 Å². The van der Waals surface area contributed by atoms with Gasteiger partial charge in [-0.15, -0.1) is 0 Å². The lowest BCUT2D eigenvalue weighted by atomic mass is 10.1. The van der Waals surface area contributed by atoms with Crippen LogP contribution in [0.2, 0.25) is 0 Å². The Morgan fingerprint density at radius 1 is 1.38 bits per heavy atom. The van der Waals surface area contributed by atoms with Crippen LogP contribution in [0.1, 0.15) is 11.1 Å². The summed E-state index contributed by atoms with van der Waals surface area (Å²) in [4.78, 5) is 10.8. The first-order valence-corrected chi connectivity index (χ1v) is 8.51. The number of aryl methyl sites for hydroxylation is 2. The predicted octanol–water partition coefficient (Wildman–Crippen LogP) is 1.33. The van der Waals surface area contributed by atoms with Gasteiger partial charge in [0.15, 0.2) is 6.61 Å². The van der Waals surface area contributed by atoms with Crippen LogP contribution in [0.5, 0.6) is 5.75 Å². The monoisotopic (exact) mass is 353 g/mol. The summed E-state index contributed by atoms with van der Waals surface area (Å²) in [5.41, 5.74) is 1.45. The number of hydrogen-bond donors (Lipinski definition) is 1. The van der Waals surface area contributed by atoms with Gasteiger partial charge in [0.2, 0.25) is 0 Å². The molecule has 0 saturated heterocycles. The van der Waals surface area contributed by atoms with Gasteiger partial charge in [0.05, 0.1) is 16.8 Å². The van der Waals surface area contributed by atoms with Gasteiger partial charge in [0.1, 0.15) is 5.75 Å². The Labute approximate surface area is 140 Å². The molecule has 0 atom stereocenters. The highest BCUT2D eigenvalue weighted by molar-refractivity contribution is 7.92. The van der Waals surface area contributed by atoms with Crippen LogP contribution in [0.4, 0.5) is 5.69 Å². The van der Waals surface area contributed by atoms with Crippen LogP contribution in [0.25, 0.3) is 0 Å². The van der Waals surface area contributed by atoms with Crippen molar-refractivity contribution >= 4 is 21.7 Å². The van der Waals surface area contributed by atoms with Gasteiger partial charge in [-0.1, -0.05) is 6.07 Å². The Kier molecular flexibility index (Phi) is 4.83. The van der Waals surface area contributed by atoms with Gasteiger partial charge in [0.25, 0.3) is 10.0 Å². The van der Waals surface area contributed by atoms with Crippen LogP contribution in [0.3, 0.4) is 0 Å². The Bertz CT molecular complexity index is 873. The fraction of sp³-hybridized carbons (Fsp3) is 0.333. The molecule has 0 unspecified atom stereocenters. The predicted molar refractivity (Wildman–Crippen MR) is 87.8 cm³/mol. The molecule has 0 saturated carbocycles. The van der Waals surface area contributed by atoms with Crippen molar-refractivity contribution in [3.05, 3.63) is 35.7 Å². The fourth-order valence-corrected chi connectivity index (χ4v) is 3.69. The lowest BCUT2D eigenvalue weighted by Gasteiger charge is -2.20. The molecule has 8 nitrogen and oxygen atoms in total. The fourth-order valence-electron chi connectivity index (χ4n) is 2.30. The average Bonchev–Trinajstić information content (AvgIpc) is 2.92. The van der Waals surface area contributed by atoms with E-state index in [1.165, 1.54) is 24.0 Å². The third-order valence-electron chi connectivity index (χ3n) is 3.59. The van der Waals surface area contributed by atoms with Crippen molar-refractivity contribution in [1.29, 1.82) is 0 Å². The smallest absolute Gasteiger partial charge is 0.341 e. The van der Waals surface area contributed by atoms with E-state index in [1.54, 1.807) is 33.2 Å². The van der Waals surface area contributed by atoms with Crippen molar-refractivity contribution < 1.29 is 23.1 Å². The van der Waals surface area contributed by atoms with E-state index in [4.69, 9.17) is 9.84 Å². The summed E-state index contributed by atoms with van der Waals surface area (Å²) in [5, 5.41) is 12.7. The number of carboxylic acids is 1. The molecule has 0 amide bonds. The quantitative estimate of drug-likeness (QED) is 0.840. The minimum atomic E-state index is -3.83. The maximum absolute atomic E-state index is 12.9. The molecule has 0 aliphatic heterocycles. The molecule has 0 fully saturated rings. The molecular weight excluding hydrogens is 334 g/mol. The minimum absolute atomic E-state index is 0.0554. The molecule has 24 heavy (non-hydrogen) atoms. The van der Waals surface area contributed by atoms with Crippen molar-refractivity contribution in [3.63, 3.8) is 0 Å². The van der Waals surface area contributed by atoms with E-state index in [0.29, 0.717) is 16.8 Å². The number of benzene rings is 1. The van der Waals surface area contributed by atoms with Gasteiger partial charge in [-0.25, -0.2) is 13.2 Å². The van der Waals surface area contributed by atoms with Crippen LogP contribution in [0, 0.1) is 13.8 Å². The van der Waals surface area contributed by atoms with Gasteiger partial charge in [-0.05, 0) is 25.5 Å². The number of hydrogen-bond acceptors (Lipinski definition) is 5. The van der Waals surface area contributed by atoms with E-state index < -0.39 is 22.6 Å². The highest BCUT2D eigenvalue weighted by Gasteiger charge is 2.26. The van der Waals surface area contributed by atoms with Crippen molar-refractivity contribution in [2.45, 2.75) is 18.7 Å². The van der Waals surface area contributed by atoms with E-state index in [1.807, 2.05) is 0 Å². The largest absolute Gasteiger partial charge is 0.481 e. The first-order valence-electron chi connectivity index (χ1n) is 7.07. The van der Waals surface area contributed by atoms with E-state index in [-0.39, 0.29) is 10.6 Å². The Hall–Kier alpha value is -2.55. The van der Waals surface area contributed by atoms with Crippen LogP contribution in [-0.4, -0.2) is 42.9 Å². The van der Waals surface area contributed by atoms with Gasteiger partial charge < -0.3 is 9.84 Å². The summed E-state index contributed by atoms with van der Waals surface area (Å²) in [6.45, 7) is 2.78. The highest BCUT2D eigenvalue weighted by Crippen LogP contribution is 2.31. The molecule has 0 aliphatic carbocycles. The van der Waals surface area contributed by atoms with Crippen molar-refractivity contribution in [2.75, 3.05) is 18.0 Å². The number of sulfonamides is 1. The third-order valence-corrected chi connectivity index (χ3v) is 5.52. The number of ether oxygens (including phenoxy) is 1. The molecule has 0 bridgehead atoms. The topological polar surface area (TPSA) is 102 Å². The zero-order valence-corrected chi connectivity index (χ0v) is 14.7. The zero-order chi connectivity index (χ0) is 18.1. The molecule has 1 heterocycles. The normalized spacial score (nSPS) is 11.3. The first-order chi connectivity index (χ1) is 11.1. The number of carboxylic acid groups (broad SMARTS) is 1. The maximum atomic E-state index is 12.9. The summed E-state index contributed by atoms with van der Waals surface area (Å²) in [6, 6.07) is 3.08. The summed E-state index contributed by atoms with van der Waals surface area (Å²) >= 11 is 0. The molecule has 1 aromatic heterocycles. The zero-order valence-electron chi connectivity index (χ0n) is 13.8. The second-order valence-corrected chi connectivity index (χ2v) is 7.30. The van der Waals surface area contributed by atoms with E-state index in [9.17, 15) is 13.2 Å². The standard InChI is InChI=1S/C15H19N3O5S/c1-10-5-6-13(11(2)15(10)23-9-14(19)20)24(21,22)18(4)12-7-16-17(3)8-12/h5-8H,9H2,1-4H3,(H,19,20). The molecule has 0 aliphatic rings. The Balaban J connectivity index is 2.47. The summed E-state index contributed by atoms with van der Waals surface area (Å²) in [5.74, 6) is -0.868. The molecule has 130 valence electrons. The van der Waals surface area contributed by atoms with Gasteiger partial charge in [0, 0.05) is 25.9 Å². The summed E-state index contributed by atoms with van der Waals surface area (Å²) < 4.78 is 33.6.